The van der Waals surface area contributed by atoms with Gasteiger partial charge in [0, 0.05) is 30.5 Å². The monoisotopic (exact) mass is 685 g/mol. The second-order valence-corrected chi connectivity index (χ2v) is 11.6. The Morgan fingerprint density at radius 3 is 1.98 bits per heavy atom. The lowest BCUT2D eigenvalue weighted by molar-refractivity contribution is -0.142. The number of hydrogen-bond acceptors (Lipinski definition) is 11. The van der Waals surface area contributed by atoms with E-state index in [1.807, 2.05) is 0 Å². The predicted octanol–water partition coefficient (Wildman–Crippen LogP) is -2.61. The lowest BCUT2D eigenvalue weighted by Gasteiger charge is -2.28. The molecule has 19 heteroatoms. The zero-order chi connectivity index (χ0) is 35.7. The number of unbranched alkanes of at least 4 members (excludes halogenated alkanes) is 1. The number of aliphatic carboxylic acids is 2. The molecular weight excluding hydrogens is 638 g/mol. The number of aromatic nitrogens is 2. The number of aromatic amines is 1. The molecule has 1 aromatic heterocycles. The molecule has 0 aliphatic rings. The number of imidazole rings is 1. The normalized spacial score (nSPS) is 14.9. The first kappa shape index (κ1) is 40.8. The van der Waals surface area contributed by atoms with E-state index in [1.54, 1.807) is 13.8 Å². The smallest absolute Gasteiger partial charge is 0.326 e. The van der Waals surface area contributed by atoms with Gasteiger partial charge < -0.3 is 53.2 Å². The highest BCUT2D eigenvalue weighted by Crippen LogP contribution is 2.08. The number of carbonyl (C=O) groups excluding carboxylic acids is 5. The van der Waals surface area contributed by atoms with Crippen LogP contribution in [0, 0.1) is 5.92 Å². The van der Waals surface area contributed by atoms with E-state index in [0.29, 0.717) is 25.1 Å². The molecular formula is C28H47N9O9S. The van der Waals surface area contributed by atoms with Crippen LogP contribution in [0.1, 0.15) is 58.6 Å². The molecule has 0 saturated heterocycles. The largest absolute Gasteiger partial charge is 0.481 e. The summed E-state index contributed by atoms with van der Waals surface area (Å²) in [5, 5.41) is 30.8. The zero-order valence-electron chi connectivity index (χ0n) is 26.7. The SMILES string of the molecule is CC(C)[C@H](NC(=O)[C@H](CS)NC(=O)[C@H](C)NC(=O)[C@@H](N)CCC(=O)O)C(=O)N[C@@H](Cc1cnc[nH]1)C(=O)N[C@@H](CCCCN)C(=O)O. The molecule has 0 aliphatic heterocycles. The van der Waals surface area contributed by atoms with Gasteiger partial charge in [0.15, 0.2) is 0 Å². The van der Waals surface area contributed by atoms with Gasteiger partial charge in [0.1, 0.15) is 30.2 Å². The Hall–Kier alpha value is -4.23. The van der Waals surface area contributed by atoms with Crippen molar-refractivity contribution in [1.29, 1.82) is 0 Å². The molecule has 0 fully saturated rings. The minimum absolute atomic E-state index is 0.0651. The molecule has 18 nitrogen and oxygen atoms in total. The van der Waals surface area contributed by atoms with Gasteiger partial charge in [-0.25, -0.2) is 9.78 Å². The van der Waals surface area contributed by atoms with E-state index in [4.69, 9.17) is 16.6 Å². The Labute approximate surface area is 277 Å². The summed E-state index contributed by atoms with van der Waals surface area (Å²) in [6, 6.07) is -7.21. The Kier molecular flexibility index (Phi) is 18.1. The quantitative estimate of drug-likeness (QED) is 0.0442. The number of nitrogens with one attached hydrogen (secondary N) is 6. The van der Waals surface area contributed by atoms with Crippen LogP contribution in [0.4, 0.5) is 0 Å². The van der Waals surface area contributed by atoms with E-state index in [2.05, 4.69) is 49.2 Å². The fourth-order valence-corrected chi connectivity index (χ4v) is 4.44. The van der Waals surface area contributed by atoms with Crippen LogP contribution in [0.2, 0.25) is 0 Å². The van der Waals surface area contributed by atoms with Crippen molar-refractivity contribution >= 4 is 54.1 Å². The zero-order valence-corrected chi connectivity index (χ0v) is 27.5. The number of nitrogens with two attached hydrogens (primary N) is 2. The van der Waals surface area contributed by atoms with Gasteiger partial charge in [0.05, 0.1) is 12.4 Å². The van der Waals surface area contributed by atoms with Crippen molar-refractivity contribution in [3.8, 4) is 0 Å². The van der Waals surface area contributed by atoms with Gasteiger partial charge in [0.2, 0.25) is 29.5 Å². The molecule has 0 aliphatic carbocycles. The van der Waals surface area contributed by atoms with Gasteiger partial charge in [-0.15, -0.1) is 0 Å². The third kappa shape index (κ3) is 14.8. The van der Waals surface area contributed by atoms with Crippen LogP contribution in [0.3, 0.4) is 0 Å². The molecule has 0 radical (unpaired) electrons. The van der Waals surface area contributed by atoms with Crippen LogP contribution in [0.15, 0.2) is 12.5 Å². The van der Waals surface area contributed by atoms with Crippen molar-refractivity contribution in [3.05, 3.63) is 18.2 Å². The summed E-state index contributed by atoms with van der Waals surface area (Å²) in [5.41, 5.74) is 11.6. The first-order valence-corrected chi connectivity index (χ1v) is 15.7. The Balaban J connectivity index is 2.98. The summed E-state index contributed by atoms with van der Waals surface area (Å²) >= 11 is 4.13. The minimum Gasteiger partial charge on any atom is -0.481 e. The van der Waals surface area contributed by atoms with E-state index in [0.717, 1.165) is 0 Å². The van der Waals surface area contributed by atoms with Crippen LogP contribution in [-0.2, 0) is 40.0 Å². The van der Waals surface area contributed by atoms with Crippen molar-refractivity contribution in [2.45, 2.75) is 95.5 Å². The molecule has 0 saturated carbocycles. The van der Waals surface area contributed by atoms with Crippen molar-refractivity contribution in [1.82, 2.24) is 36.6 Å². The average Bonchev–Trinajstić information content (AvgIpc) is 3.52. The maximum absolute atomic E-state index is 13.5. The standard InChI is InChI=1S/C28H47N9O9S/c1-14(2)22(37-26(43)20(12-47)36-23(40)15(3)33-24(41)17(30)7-8-21(38)39)27(44)35-19(10-16-11-31-13-32-16)25(42)34-18(28(45)46)6-4-5-9-29/h11,13-15,17-20,22,47H,4-10,12,29-30H2,1-3H3,(H,31,32)(H,33,41)(H,34,42)(H,35,44)(H,36,40)(H,37,43)(H,38,39)(H,45,46)/t15-,17-,18-,19-,20-,22-/m0/s1. The van der Waals surface area contributed by atoms with E-state index >= 15 is 0 Å². The summed E-state index contributed by atoms with van der Waals surface area (Å²) in [6.45, 7) is 4.99. The number of rotatable bonds is 22. The molecule has 1 heterocycles. The van der Waals surface area contributed by atoms with Gasteiger partial charge in [0.25, 0.3) is 0 Å². The summed E-state index contributed by atoms with van der Waals surface area (Å²) < 4.78 is 0. The Morgan fingerprint density at radius 2 is 1.45 bits per heavy atom. The molecule has 47 heavy (non-hydrogen) atoms. The highest BCUT2D eigenvalue weighted by Gasteiger charge is 2.33. The molecule has 12 N–H and O–H groups in total. The van der Waals surface area contributed by atoms with E-state index in [1.165, 1.54) is 19.4 Å². The number of amides is 5. The topological polar surface area (TPSA) is 301 Å². The van der Waals surface area contributed by atoms with E-state index < -0.39 is 83.6 Å². The van der Waals surface area contributed by atoms with Crippen LogP contribution in [-0.4, -0.2) is 110 Å². The predicted molar refractivity (Wildman–Crippen MR) is 172 cm³/mol. The van der Waals surface area contributed by atoms with E-state index in [-0.39, 0.29) is 31.4 Å². The first-order valence-electron chi connectivity index (χ1n) is 15.1. The second kappa shape index (κ2) is 20.8. The third-order valence-corrected chi connectivity index (χ3v) is 7.36. The summed E-state index contributed by atoms with van der Waals surface area (Å²) in [6.07, 6.45) is 3.42. The molecule has 264 valence electrons. The van der Waals surface area contributed by atoms with Crippen molar-refractivity contribution in [2.24, 2.45) is 17.4 Å². The van der Waals surface area contributed by atoms with Crippen molar-refractivity contribution in [3.63, 3.8) is 0 Å². The molecule has 0 unspecified atom stereocenters. The first-order chi connectivity index (χ1) is 22.1. The van der Waals surface area contributed by atoms with Gasteiger partial charge in [-0.2, -0.15) is 12.6 Å². The number of carboxylic acid groups (broad SMARTS) is 2. The van der Waals surface area contributed by atoms with Crippen LogP contribution >= 0.6 is 12.6 Å². The highest BCUT2D eigenvalue weighted by molar-refractivity contribution is 7.80. The molecule has 0 spiro atoms. The average molecular weight is 686 g/mol. The number of carboxylic acids is 2. The molecule has 0 aromatic carbocycles. The molecule has 0 bridgehead atoms. The van der Waals surface area contributed by atoms with Gasteiger partial charge in [-0.3, -0.25) is 28.8 Å². The maximum atomic E-state index is 13.5. The van der Waals surface area contributed by atoms with Crippen LogP contribution < -0.4 is 38.1 Å². The maximum Gasteiger partial charge on any atom is 0.326 e. The lowest BCUT2D eigenvalue weighted by Crippen LogP contribution is -2.60. The lowest BCUT2D eigenvalue weighted by atomic mass is 10.0. The van der Waals surface area contributed by atoms with Gasteiger partial charge >= 0.3 is 11.9 Å². The van der Waals surface area contributed by atoms with Crippen molar-refractivity contribution < 1.29 is 43.8 Å². The minimum atomic E-state index is -1.25. The third-order valence-electron chi connectivity index (χ3n) is 6.99. The Morgan fingerprint density at radius 1 is 0.830 bits per heavy atom. The molecule has 1 rings (SSSR count). The fourth-order valence-electron chi connectivity index (χ4n) is 4.19. The van der Waals surface area contributed by atoms with Crippen LogP contribution in [0.25, 0.3) is 0 Å². The second-order valence-electron chi connectivity index (χ2n) is 11.3. The fraction of sp³-hybridized carbons (Fsp3) is 0.643. The Bertz CT molecular complexity index is 1220. The number of nitrogens with zero attached hydrogens (tertiary/aromatic N) is 1. The number of H-pyrrole nitrogens is 1. The van der Waals surface area contributed by atoms with Gasteiger partial charge in [-0.05, 0) is 45.1 Å². The van der Waals surface area contributed by atoms with Gasteiger partial charge in [-0.1, -0.05) is 13.8 Å². The highest BCUT2D eigenvalue weighted by atomic mass is 32.1. The summed E-state index contributed by atoms with van der Waals surface area (Å²) in [7, 11) is 0. The molecule has 1 aromatic rings. The molecule has 6 atom stereocenters. The number of carbonyl (C=O) groups is 7. The van der Waals surface area contributed by atoms with Crippen molar-refractivity contribution in [2.75, 3.05) is 12.3 Å². The molecule has 5 amide bonds. The summed E-state index contributed by atoms with van der Waals surface area (Å²) in [5.74, 6) is -6.87. The summed E-state index contributed by atoms with van der Waals surface area (Å²) in [4.78, 5) is 94.0. The number of thiol groups is 1. The van der Waals surface area contributed by atoms with E-state index in [9.17, 15) is 38.7 Å². The number of hydrogen-bond donors (Lipinski definition) is 11. The van der Waals surface area contributed by atoms with Crippen LogP contribution in [0.5, 0.6) is 0 Å².